The zero-order valence-corrected chi connectivity index (χ0v) is 12.2. The number of aromatic amines is 1. The Bertz CT molecular complexity index is 538. The molecule has 1 aromatic heterocycles. The molecule has 1 amide bonds. The molecule has 2 fully saturated rings. The van der Waals surface area contributed by atoms with Crippen LogP contribution in [0.4, 0.5) is 0 Å². The van der Waals surface area contributed by atoms with Gasteiger partial charge < -0.3 is 4.90 Å². The summed E-state index contributed by atoms with van der Waals surface area (Å²) in [7, 11) is 0. The average molecular weight is 273 g/mol. The number of nitrogens with zero attached hydrogens (tertiary/aromatic N) is 2. The predicted molar refractivity (Wildman–Crippen MR) is 76.1 cm³/mol. The summed E-state index contributed by atoms with van der Waals surface area (Å²) < 4.78 is 0. The van der Waals surface area contributed by atoms with Gasteiger partial charge in [-0.25, -0.2) is 0 Å². The van der Waals surface area contributed by atoms with Gasteiger partial charge in [-0.3, -0.25) is 9.89 Å². The molecule has 1 saturated carbocycles. The number of carbonyl (C=O) groups is 1. The number of hydrogen-bond acceptors (Lipinski definition) is 2. The van der Waals surface area contributed by atoms with Crippen molar-refractivity contribution in [1.29, 1.82) is 0 Å². The van der Waals surface area contributed by atoms with Crippen LogP contribution in [0.15, 0.2) is 6.20 Å². The Hall–Kier alpha value is -1.32. The highest BCUT2D eigenvalue weighted by Gasteiger charge is 2.48. The molecule has 1 N–H and O–H groups in total. The van der Waals surface area contributed by atoms with Gasteiger partial charge in [0.2, 0.25) is 5.91 Å². The van der Waals surface area contributed by atoms with Crippen molar-refractivity contribution in [3.8, 4) is 0 Å². The molecule has 0 bridgehead atoms. The third-order valence-electron chi connectivity index (χ3n) is 5.96. The van der Waals surface area contributed by atoms with Gasteiger partial charge in [0.1, 0.15) is 0 Å². The smallest absolute Gasteiger partial charge is 0.226 e. The van der Waals surface area contributed by atoms with Crippen molar-refractivity contribution in [3.63, 3.8) is 0 Å². The number of hydrogen-bond donors (Lipinski definition) is 1. The van der Waals surface area contributed by atoms with E-state index in [0.29, 0.717) is 11.3 Å². The Balaban J connectivity index is 1.47. The largest absolute Gasteiger partial charge is 0.342 e. The number of likely N-dealkylation sites (tertiary alicyclic amines) is 1. The predicted octanol–water partition coefficient (Wildman–Crippen LogP) is 2.16. The fraction of sp³-hybridized carbons (Fsp3) is 0.750. The summed E-state index contributed by atoms with van der Waals surface area (Å²) >= 11 is 0. The van der Waals surface area contributed by atoms with Crippen LogP contribution in [0.2, 0.25) is 0 Å². The summed E-state index contributed by atoms with van der Waals surface area (Å²) in [6, 6.07) is 0. The Morgan fingerprint density at radius 2 is 2.40 bits per heavy atom. The van der Waals surface area contributed by atoms with Crippen molar-refractivity contribution in [2.75, 3.05) is 13.1 Å². The van der Waals surface area contributed by atoms with E-state index in [1.165, 1.54) is 30.5 Å². The molecule has 1 saturated heterocycles. The minimum Gasteiger partial charge on any atom is -0.342 e. The van der Waals surface area contributed by atoms with Gasteiger partial charge in [-0.15, -0.1) is 0 Å². The van der Waals surface area contributed by atoms with Crippen LogP contribution in [0.3, 0.4) is 0 Å². The fourth-order valence-electron chi connectivity index (χ4n) is 4.64. The summed E-state index contributed by atoms with van der Waals surface area (Å²) in [6.07, 6.45) is 8.72. The topological polar surface area (TPSA) is 49.0 Å². The standard InChI is InChI=1S/C16H23N3O/c1-16-6-2-3-13(16)9-19(10-16)15(20)11-4-5-12-8-17-18-14(12)7-11/h8,11,13H,2-7,9-10H2,1H3,(H,17,18)/t11?,13-,16+/m0/s1. The van der Waals surface area contributed by atoms with Crippen molar-refractivity contribution < 1.29 is 4.79 Å². The van der Waals surface area contributed by atoms with Crippen LogP contribution < -0.4 is 0 Å². The summed E-state index contributed by atoms with van der Waals surface area (Å²) in [5.41, 5.74) is 2.89. The maximum Gasteiger partial charge on any atom is 0.226 e. The van der Waals surface area contributed by atoms with Gasteiger partial charge >= 0.3 is 0 Å². The number of nitrogens with one attached hydrogen (secondary N) is 1. The third kappa shape index (κ3) is 1.80. The maximum absolute atomic E-state index is 12.8. The number of aromatic nitrogens is 2. The molecule has 4 nitrogen and oxygen atoms in total. The van der Waals surface area contributed by atoms with Crippen LogP contribution in [0.25, 0.3) is 0 Å². The quantitative estimate of drug-likeness (QED) is 0.852. The number of fused-ring (bicyclic) bond motifs is 2. The lowest BCUT2D eigenvalue weighted by atomic mass is 9.83. The second-order valence-electron chi connectivity index (χ2n) is 7.28. The number of carbonyl (C=O) groups excluding carboxylic acids is 1. The van der Waals surface area contributed by atoms with Crippen LogP contribution in [-0.4, -0.2) is 34.1 Å². The molecule has 20 heavy (non-hydrogen) atoms. The monoisotopic (exact) mass is 273 g/mol. The molecule has 0 radical (unpaired) electrons. The third-order valence-corrected chi connectivity index (χ3v) is 5.96. The van der Waals surface area contributed by atoms with E-state index in [1.807, 2.05) is 6.20 Å². The van der Waals surface area contributed by atoms with Gasteiger partial charge in [-0.2, -0.15) is 5.10 Å². The van der Waals surface area contributed by atoms with Crippen LogP contribution in [0.5, 0.6) is 0 Å². The molecule has 0 spiro atoms. The molecular formula is C16H23N3O. The van der Waals surface area contributed by atoms with E-state index in [1.54, 1.807) is 0 Å². The van der Waals surface area contributed by atoms with E-state index in [0.717, 1.165) is 38.3 Å². The molecule has 2 aliphatic carbocycles. The second-order valence-corrected chi connectivity index (χ2v) is 7.28. The molecule has 1 aliphatic heterocycles. The molecule has 4 rings (SSSR count). The van der Waals surface area contributed by atoms with Gasteiger partial charge in [0, 0.05) is 31.1 Å². The number of H-pyrrole nitrogens is 1. The summed E-state index contributed by atoms with van der Waals surface area (Å²) in [6.45, 7) is 4.37. The Morgan fingerprint density at radius 1 is 1.50 bits per heavy atom. The molecule has 108 valence electrons. The molecular weight excluding hydrogens is 250 g/mol. The van der Waals surface area contributed by atoms with Gasteiger partial charge in [0.05, 0.1) is 6.20 Å². The number of rotatable bonds is 1. The van der Waals surface area contributed by atoms with Gasteiger partial charge in [-0.1, -0.05) is 13.3 Å². The van der Waals surface area contributed by atoms with Crippen LogP contribution in [0, 0.1) is 17.3 Å². The van der Waals surface area contributed by atoms with Crippen LogP contribution in [-0.2, 0) is 17.6 Å². The number of amides is 1. The first-order valence-corrected chi connectivity index (χ1v) is 7.96. The highest BCUT2D eigenvalue weighted by Crippen LogP contribution is 2.48. The molecule has 4 heteroatoms. The van der Waals surface area contributed by atoms with Crippen molar-refractivity contribution in [2.45, 2.75) is 45.4 Å². The van der Waals surface area contributed by atoms with E-state index in [2.05, 4.69) is 22.0 Å². The first-order valence-electron chi connectivity index (χ1n) is 7.96. The zero-order valence-electron chi connectivity index (χ0n) is 12.2. The highest BCUT2D eigenvalue weighted by atomic mass is 16.2. The van der Waals surface area contributed by atoms with Crippen LogP contribution >= 0.6 is 0 Å². The average Bonchev–Trinajstić information content (AvgIpc) is 3.09. The Morgan fingerprint density at radius 3 is 3.25 bits per heavy atom. The zero-order chi connectivity index (χ0) is 13.7. The molecule has 2 heterocycles. The van der Waals surface area contributed by atoms with E-state index in [9.17, 15) is 4.79 Å². The van der Waals surface area contributed by atoms with Gasteiger partial charge in [-0.05, 0) is 42.6 Å². The summed E-state index contributed by atoms with van der Waals surface area (Å²) in [5.74, 6) is 1.31. The van der Waals surface area contributed by atoms with Gasteiger partial charge in [0.15, 0.2) is 0 Å². The van der Waals surface area contributed by atoms with Gasteiger partial charge in [0.25, 0.3) is 0 Å². The first kappa shape index (κ1) is 12.4. The molecule has 1 aromatic rings. The van der Waals surface area contributed by atoms with Crippen molar-refractivity contribution in [3.05, 3.63) is 17.5 Å². The maximum atomic E-state index is 12.8. The Kier molecular flexibility index (Phi) is 2.69. The van der Waals surface area contributed by atoms with E-state index >= 15 is 0 Å². The number of aryl methyl sites for hydroxylation is 1. The van der Waals surface area contributed by atoms with Crippen molar-refractivity contribution in [1.82, 2.24) is 15.1 Å². The lowest BCUT2D eigenvalue weighted by Gasteiger charge is -2.28. The van der Waals surface area contributed by atoms with E-state index < -0.39 is 0 Å². The first-order chi connectivity index (χ1) is 9.66. The lowest BCUT2D eigenvalue weighted by molar-refractivity contribution is -0.135. The lowest BCUT2D eigenvalue weighted by Crippen LogP contribution is -2.38. The SMILES string of the molecule is C[C@]12CCC[C@H]1CN(C(=O)C1CCc3cn[nH]c3C1)C2. The summed E-state index contributed by atoms with van der Waals surface area (Å²) in [5, 5.41) is 7.16. The van der Waals surface area contributed by atoms with Crippen molar-refractivity contribution in [2.24, 2.45) is 17.3 Å². The molecule has 0 aromatic carbocycles. The van der Waals surface area contributed by atoms with E-state index in [4.69, 9.17) is 0 Å². The second kappa shape index (κ2) is 4.34. The molecule has 3 aliphatic rings. The van der Waals surface area contributed by atoms with Crippen molar-refractivity contribution >= 4 is 5.91 Å². The molecule has 1 unspecified atom stereocenters. The summed E-state index contributed by atoms with van der Waals surface area (Å²) in [4.78, 5) is 15.0. The van der Waals surface area contributed by atoms with E-state index in [-0.39, 0.29) is 5.92 Å². The van der Waals surface area contributed by atoms with Crippen LogP contribution in [0.1, 0.15) is 43.9 Å². The normalized spacial score (nSPS) is 36.0. The molecule has 3 atom stereocenters. The minimum absolute atomic E-state index is 0.172. The highest BCUT2D eigenvalue weighted by molar-refractivity contribution is 5.80. The Labute approximate surface area is 119 Å². The minimum atomic E-state index is 0.172. The fourth-order valence-corrected chi connectivity index (χ4v) is 4.64.